The van der Waals surface area contributed by atoms with Gasteiger partial charge in [-0.3, -0.25) is 38.2 Å². The first-order chi connectivity index (χ1) is 39.2. The molecule has 3 aromatic carbocycles. The summed E-state index contributed by atoms with van der Waals surface area (Å²) in [5, 5.41) is 2.33. The molecule has 0 radical (unpaired) electrons. The van der Waals surface area contributed by atoms with Crippen molar-refractivity contribution in [3.05, 3.63) is 183 Å². The smallest absolute Gasteiger partial charge is 0.414 e. The van der Waals surface area contributed by atoms with Crippen LogP contribution in [0.5, 0.6) is 11.5 Å². The van der Waals surface area contributed by atoms with Crippen molar-refractivity contribution >= 4 is 50.0 Å². The molecule has 0 spiro atoms. The van der Waals surface area contributed by atoms with E-state index in [0.29, 0.717) is 17.1 Å². The number of hydrogen-bond donors (Lipinski definition) is 2. The third-order valence-corrected chi connectivity index (χ3v) is 21.0. The standard InChI is InChI=1S/C57H70N7O15PSSi/c1-12-28-62-52(66)49-50(59-53(62)61-55(68)71-29-13-2)64(36-58-49)48-32-44(45(75-48)34-72-57(38-18-16-15-17-19-38,39-20-24-41(69-8)25-21-39)40-22-26-42(70-9)27-23-40)78-80(81,73-30-14-3)74-35-46-43(77-79-82(10,11)56(5,6)7)31-47(76-46)63-33-37(4)51(65)60-54(63)67/h12-27,33,36,43-48H,1-3,28-32,34-35H2,4-11H3,(H,59,61,68)(H,60,65,67)/t43-,44-,45+,46+,47+,48+,80?/m0/s1. The Morgan fingerprint density at radius 3 is 2.02 bits per heavy atom. The van der Waals surface area contributed by atoms with E-state index in [4.69, 9.17) is 68.2 Å². The Bertz CT molecular complexity index is 3410. The lowest BCUT2D eigenvalue weighted by Gasteiger charge is -2.37. The van der Waals surface area contributed by atoms with Crippen LogP contribution in [0, 0.1) is 6.92 Å². The zero-order valence-electron chi connectivity index (χ0n) is 47.1. The number of nitrogens with one attached hydrogen (secondary N) is 2. The summed E-state index contributed by atoms with van der Waals surface area (Å²) in [5.74, 6) is 1.12. The van der Waals surface area contributed by atoms with Crippen LogP contribution in [-0.2, 0) is 65.9 Å². The molecule has 7 atom stereocenters. The summed E-state index contributed by atoms with van der Waals surface area (Å²) in [4.78, 5) is 70.5. The van der Waals surface area contributed by atoms with E-state index in [1.165, 1.54) is 39.9 Å². The van der Waals surface area contributed by atoms with E-state index in [1.807, 2.05) is 92.0 Å². The van der Waals surface area contributed by atoms with Crippen molar-refractivity contribution in [2.24, 2.45) is 0 Å². The van der Waals surface area contributed by atoms with Crippen LogP contribution < -0.4 is 31.6 Å². The Balaban J connectivity index is 1.19. The van der Waals surface area contributed by atoms with Crippen LogP contribution >= 0.6 is 6.72 Å². The van der Waals surface area contributed by atoms with Crippen LogP contribution in [0.15, 0.2) is 144 Å². The number of carbonyl (C=O) groups is 1. The minimum absolute atomic E-state index is 0.0176. The Morgan fingerprint density at radius 2 is 1.43 bits per heavy atom. The molecule has 2 aliphatic heterocycles. The molecule has 3 aromatic heterocycles. The molecule has 82 heavy (non-hydrogen) atoms. The summed E-state index contributed by atoms with van der Waals surface area (Å²) >= 11 is 6.29. The number of carbonyl (C=O) groups excluding carboxylic acids is 1. The van der Waals surface area contributed by atoms with Crippen molar-refractivity contribution in [2.75, 3.05) is 46.0 Å². The number of nitrogens with zero attached hydrogens (tertiary/aromatic N) is 5. The first-order valence-electron chi connectivity index (χ1n) is 26.4. The molecule has 5 heterocycles. The molecule has 6 aromatic rings. The van der Waals surface area contributed by atoms with Crippen molar-refractivity contribution in [2.45, 2.75) is 108 Å². The summed E-state index contributed by atoms with van der Waals surface area (Å²) in [6.07, 6.45) is 0.976. The first kappa shape index (κ1) is 61.4. The molecule has 0 bridgehead atoms. The van der Waals surface area contributed by atoms with E-state index in [9.17, 15) is 19.2 Å². The van der Waals surface area contributed by atoms with Gasteiger partial charge in [0.05, 0.1) is 46.5 Å². The van der Waals surface area contributed by atoms with Crippen molar-refractivity contribution in [3.63, 3.8) is 0 Å². The Kier molecular flexibility index (Phi) is 19.7. The molecule has 1 unspecified atom stereocenters. The molecular weight excluding hydrogens is 1110 g/mol. The lowest BCUT2D eigenvalue weighted by atomic mass is 9.80. The van der Waals surface area contributed by atoms with Crippen molar-refractivity contribution in [1.29, 1.82) is 0 Å². The molecule has 2 fully saturated rings. The van der Waals surface area contributed by atoms with Crippen LogP contribution in [0.2, 0.25) is 18.1 Å². The summed E-state index contributed by atoms with van der Waals surface area (Å²) in [6, 6.07) is 24.8. The molecule has 8 rings (SSSR count). The zero-order valence-corrected chi connectivity index (χ0v) is 49.9. The number of aromatic amines is 1. The van der Waals surface area contributed by atoms with Gasteiger partial charge in [-0.1, -0.05) is 100 Å². The number of anilines is 1. The van der Waals surface area contributed by atoms with Crippen molar-refractivity contribution in [1.82, 2.24) is 28.7 Å². The van der Waals surface area contributed by atoms with Crippen LogP contribution in [0.25, 0.3) is 11.2 Å². The molecule has 1 amide bonds. The molecule has 25 heteroatoms. The van der Waals surface area contributed by atoms with Crippen molar-refractivity contribution in [3.8, 4) is 11.5 Å². The van der Waals surface area contributed by atoms with E-state index in [-0.39, 0.29) is 68.0 Å². The lowest BCUT2D eigenvalue weighted by molar-refractivity contribution is -0.268. The molecular formula is C57H70N7O15PSSi. The Hall–Kier alpha value is -6.67. The number of methoxy groups -OCH3 is 2. The fourth-order valence-electron chi connectivity index (χ4n) is 9.08. The number of rotatable bonds is 26. The second-order valence-electron chi connectivity index (χ2n) is 20.9. The number of imidazole rings is 1. The average molecular weight is 1180 g/mol. The van der Waals surface area contributed by atoms with E-state index in [2.05, 4.69) is 55.8 Å². The number of ether oxygens (including phenoxy) is 6. The molecule has 438 valence electrons. The minimum atomic E-state index is -3.92. The van der Waals surface area contributed by atoms with E-state index < -0.39 is 80.4 Å². The second-order valence-corrected chi connectivity index (χ2v) is 28.6. The minimum Gasteiger partial charge on any atom is -0.497 e. The SMILES string of the molecule is C=CCOC(=O)Nc1nc2c(ncn2[C@H]2C[C@H](OP(=S)(OCC=C)OC[C@H]3O[C@@H](n4cc(C)c(=O)[nH]c4=O)C[C@@H]3OO[Si](C)(C)C(C)(C)C)[C@@H](COC(c3ccccc3)(c3ccc(OC)cc3)c3ccc(OC)cc3)O2)c(=O)n1CC=C. The Morgan fingerprint density at radius 1 is 0.829 bits per heavy atom. The normalized spacial score (nSPS) is 20.0. The van der Waals surface area contributed by atoms with Crippen LogP contribution in [0.3, 0.4) is 0 Å². The lowest BCUT2D eigenvalue weighted by Crippen LogP contribution is -2.43. The number of fused-ring (bicyclic) bond motifs is 1. The largest absolute Gasteiger partial charge is 0.497 e. The van der Waals surface area contributed by atoms with Gasteiger partial charge in [-0.05, 0) is 77.8 Å². The number of aryl methyl sites for hydroxylation is 1. The van der Waals surface area contributed by atoms with Crippen LogP contribution in [0.4, 0.5) is 10.7 Å². The fourth-order valence-corrected chi connectivity index (χ4v) is 11.8. The number of allylic oxidation sites excluding steroid dienone is 1. The molecule has 2 saturated heterocycles. The van der Waals surface area contributed by atoms with Gasteiger partial charge in [0.15, 0.2) is 11.2 Å². The van der Waals surface area contributed by atoms with Gasteiger partial charge in [-0.15, -0.1) is 13.2 Å². The fraction of sp³-hybridized carbons (Fsp3) is 0.404. The second kappa shape index (κ2) is 26.3. The van der Waals surface area contributed by atoms with Gasteiger partial charge in [0.1, 0.15) is 54.5 Å². The third kappa shape index (κ3) is 13.5. The maximum absolute atomic E-state index is 14.1. The predicted molar refractivity (Wildman–Crippen MR) is 313 cm³/mol. The van der Waals surface area contributed by atoms with Gasteiger partial charge in [0.2, 0.25) is 14.3 Å². The topological polar surface area (TPSA) is 238 Å². The van der Waals surface area contributed by atoms with Gasteiger partial charge in [-0.2, -0.15) is 4.98 Å². The summed E-state index contributed by atoms with van der Waals surface area (Å²) < 4.78 is 67.5. The van der Waals surface area contributed by atoms with Crippen molar-refractivity contribution < 1.29 is 56.3 Å². The molecule has 2 aliphatic rings. The first-order valence-corrected chi connectivity index (χ1v) is 31.9. The van der Waals surface area contributed by atoms with Gasteiger partial charge >= 0.3 is 18.5 Å². The Labute approximate surface area is 480 Å². The number of aromatic nitrogens is 6. The summed E-state index contributed by atoms with van der Waals surface area (Å²) in [6.45, 7) is 18.6. The van der Waals surface area contributed by atoms with Gasteiger partial charge in [0.25, 0.3) is 11.1 Å². The maximum Gasteiger partial charge on any atom is 0.414 e. The highest BCUT2D eigenvalue weighted by Gasteiger charge is 2.48. The number of amides is 1. The number of benzene rings is 3. The number of hydrogen-bond acceptors (Lipinski definition) is 18. The highest BCUT2D eigenvalue weighted by Crippen LogP contribution is 2.55. The predicted octanol–water partition coefficient (Wildman–Crippen LogP) is 9.12. The quantitative estimate of drug-likeness (QED) is 0.0129. The maximum atomic E-state index is 14.1. The monoisotopic (exact) mass is 1180 g/mol. The highest BCUT2D eigenvalue weighted by atomic mass is 32.5. The zero-order chi connectivity index (χ0) is 59.0. The molecule has 0 aliphatic carbocycles. The van der Waals surface area contributed by atoms with Gasteiger partial charge in [-0.25, -0.2) is 19.5 Å². The number of H-pyrrole nitrogens is 1. The van der Waals surface area contributed by atoms with E-state index >= 15 is 0 Å². The molecule has 0 saturated carbocycles. The van der Waals surface area contributed by atoms with Crippen LogP contribution in [-0.4, -0.2) is 108 Å². The van der Waals surface area contributed by atoms with Gasteiger partial charge < -0.3 is 42.0 Å². The van der Waals surface area contributed by atoms with Gasteiger partial charge in [0, 0.05) is 31.1 Å². The molecule has 22 nitrogen and oxygen atoms in total. The van der Waals surface area contributed by atoms with E-state index in [0.717, 1.165) is 16.7 Å². The highest BCUT2D eigenvalue weighted by molar-refractivity contribution is 8.07. The summed E-state index contributed by atoms with van der Waals surface area (Å²) in [5.41, 5.74) is -0.472. The average Bonchev–Trinajstić information content (AvgIpc) is 4.26. The van der Waals surface area contributed by atoms with E-state index in [1.54, 1.807) is 25.7 Å². The van der Waals surface area contributed by atoms with Crippen LogP contribution in [0.1, 0.15) is 68.3 Å². The molecule has 2 N–H and O–H groups in total. The third-order valence-electron chi connectivity index (χ3n) is 14.5. The summed E-state index contributed by atoms with van der Waals surface area (Å²) in [7, 11) is 0.671.